The molecule has 0 rings (SSSR count). The molecule has 6 heteroatoms. The van der Waals surface area contributed by atoms with Gasteiger partial charge in [-0.05, 0) is 13.8 Å². The first-order valence-electron chi connectivity index (χ1n) is 4.61. The van der Waals surface area contributed by atoms with Crippen LogP contribution in [-0.4, -0.2) is 42.2 Å². The van der Waals surface area contributed by atoms with Gasteiger partial charge in [0.05, 0.1) is 6.61 Å². The van der Waals surface area contributed by atoms with Gasteiger partial charge < -0.3 is 19.7 Å². The number of Topliss-reactive ketones (excluding diaryl/α,β-unsaturated/α-hetero) is 1. The molecule has 98 valence electrons. The molecule has 0 aliphatic rings. The number of aliphatic hydroxyl groups excluding tert-OH is 1. The Morgan fingerprint density at radius 2 is 1.44 bits per heavy atom. The molecule has 0 aromatic rings. The van der Waals surface area contributed by atoms with Gasteiger partial charge in [0.25, 0.3) is 6.47 Å². The Bertz CT molecular complexity index is 155. The minimum atomic E-state index is -0.250. The molecule has 0 spiro atoms. The number of aliphatic hydroxyl groups is 1. The molecule has 0 aromatic carbocycles. The zero-order valence-corrected chi connectivity index (χ0v) is 10.5. The molecule has 0 aliphatic heterocycles. The van der Waals surface area contributed by atoms with Crippen molar-refractivity contribution in [1.29, 1.82) is 0 Å². The first-order valence-corrected chi connectivity index (χ1v) is 4.61. The van der Waals surface area contributed by atoms with Crippen LogP contribution >= 0.6 is 0 Å². The Balaban J connectivity index is -0.0000000653. The van der Waals surface area contributed by atoms with E-state index in [0.29, 0.717) is 13.0 Å². The summed E-state index contributed by atoms with van der Waals surface area (Å²) >= 11 is 0. The maximum absolute atomic E-state index is 9.82. The van der Waals surface area contributed by atoms with Crippen LogP contribution in [0.1, 0.15) is 34.1 Å². The highest BCUT2D eigenvalue weighted by molar-refractivity contribution is 5.74. The van der Waals surface area contributed by atoms with Crippen molar-refractivity contribution < 1.29 is 29.3 Å². The average molecular weight is 238 g/mol. The summed E-state index contributed by atoms with van der Waals surface area (Å²) in [4.78, 5) is 28.0. The molecule has 0 amide bonds. The van der Waals surface area contributed by atoms with Gasteiger partial charge in [0.15, 0.2) is 0 Å². The Hall–Kier alpha value is -1.43. The van der Waals surface area contributed by atoms with Crippen LogP contribution in [0.4, 0.5) is 0 Å². The van der Waals surface area contributed by atoms with Gasteiger partial charge in [0, 0.05) is 20.5 Å². The van der Waals surface area contributed by atoms with E-state index in [1.54, 1.807) is 13.8 Å². The lowest BCUT2D eigenvalue weighted by atomic mass is 10.4. The molecule has 2 N–H and O–H groups in total. The van der Waals surface area contributed by atoms with E-state index in [0.717, 1.165) is 7.11 Å². The fourth-order valence-electron chi connectivity index (χ4n) is 0.203. The fourth-order valence-corrected chi connectivity index (χ4v) is 0.203. The molecule has 0 bridgehead atoms. The normalized spacial score (nSPS) is 6.38. The van der Waals surface area contributed by atoms with E-state index in [1.165, 1.54) is 6.92 Å². The first kappa shape index (κ1) is 24.0. The van der Waals surface area contributed by atoms with Crippen LogP contribution in [0, 0.1) is 0 Å². The summed E-state index contributed by atoms with van der Waals surface area (Å²) in [7, 11) is 1.00. The van der Waals surface area contributed by atoms with Crippen molar-refractivity contribution in [2.75, 3.05) is 13.7 Å². The topological polar surface area (TPSA) is 101 Å². The van der Waals surface area contributed by atoms with Crippen molar-refractivity contribution in [2.45, 2.75) is 34.1 Å². The predicted molar refractivity (Wildman–Crippen MR) is 60.1 cm³/mol. The number of hydrogen-bond acceptors (Lipinski definition) is 5. The second kappa shape index (κ2) is 29.2. The van der Waals surface area contributed by atoms with E-state index in [2.05, 4.69) is 4.74 Å². The summed E-state index contributed by atoms with van der Waals surface area (Å²) in [5.74, 6) is 0.0440. The number of esters is 1. The third kappa shape index (κ3) is 132. The van der Waals surface area contributed by atoms with Crippen molar-refractivity contribution in [3.8, 4) is 0 Å². The third-order valence-corrected chi connectivity index (χ3v) is 0.845. The Kier molecular flexibility index (Phi) is 43.8. The van der Waals surface area contributed by atoms with Crippen LogP contribution in [0.2, 0.25) is 0 Å². The zero-order chi connectivity index (χ0) is 14.0. The standard InChI is InChI=1S/C4H8O2.C4H8O.CH2O2.CH4O/c1-3-6-4(2)5;1-3-4(2)5;2-1-3;1-2/h3H2,1-2H3;3H2,1-2H3;1H,(H,2,3);2H,1H3. The lowest BCUT2D eigenvalue weighted by Crippen LogP contribution is -1.95. The summed E-state index contributed by atoms with van der Waals surface area (Å²) in [6, 6.07) is 0. The highest BCUT2D eigenvalue weighted by Crippen LogP contribution is 1.71. The van der Waals surface area contributed by atoms with Gasteiger partial charge in [-0.3, -0.25) is 9.59 Å². The molecule has 0 radical (unpaired) electrons. The van der Waals surface area contributed by atoms with Crippen molar-refractivity contribution >= 4 is 18.2 Å². The molecular formula is C10H22O6. The third-order valence-electron chi connectivity index (χ3n) is 0.845. The van der Waals surface area contributed by atoms with Gasteiger partial charge in [0.1, 0.15) is 5.78 Å². The molecule has 0 atom stereocenters. The molecule has 0 aliphatic carbocycles. The lowest BCUT2D eigenvalue weighted by molar-refractivity contribution is -0.140. The number of hydrogen-bond donors (Lipinski definition) is 2. The summed E-state index contributed by atoms with van der Waals surface area (Å²) in [5, 5.41) is 13.9. The summed E-state index contributed by atoms with van der Waals surface area (Å²) < 4.78 is 4.40. The van der Waals surface area contributed by atoms with Gasteiger partial charge >= 0.3 is 5.97 Å². The van der Waals surface area contributed by atoms with Crippen molar-refractivity contribution in [3.05, 3.63) is 0 Å². The molecule has 0 aromatic heterocycles. The van der Waals surface area contributed by atoms with E-state index < -0.39 is 0 Å². The van der Waals surface area contributed by atoms with Crippen LogP contribution in [-0.2, 0) is 19.1 Å². The van der Waals surface area contributed by atoms with Gasteiger partial charge in [-0.25, -0.2) is 0 Å². The maximum Gasteiger partial charge on any atom is 0.302 e. The molecule has 0 unspecified atom stereocenters. The number of carbonyl (C=O) groups excluding carboxylic acids is 2. The Morgan fingerprint density at radius 3 is 1.44 bits per heavy atom. The van der Waals surface area contributed by atoms with E-state index in [1.807, 2.05) is 6.92 Å². The monoisotopic (exact) mass is 238 g/mol. The maximum atomic E-state index is 9.82. The predicted octanol–water partition coefficient (Wildman–Crippen LogP) is 0.864. The smallest absolute Gasteiger partial charge is 0.302 e. The average Bonchev–Trinajstić information content (AvgIpc) is 2.22. The summed E-state index contributed by atoms with van der Waals surface area (Å²) in [6.45, 7) is 6.84. The van der Waals surface area contributed by atoms with Crippen LogP contribution in [0.25, 0.3) is 0 Å². The Morgan fingerprint density at radius 1 is 1.19 bits per heavy atom. The molecule has 0 saturated carbocycles. The molecule has 16 heavy (non-hydrogen) atoms. The summed E-state index contributed by atoms with van der Waals surface area (Å²) in [5.41, 5.74) is 0. The SMILES string of the molecule is CCC(C)=O.CCOC(C)=O.CO.O=CO. The van der Waals surface area contributed by atoms with Gasteiger partial charge in [-0.1, -0.05) is 6.92 Å². The van der Waals surface area contributed by atoms with Gasteiger partial charge in [-0.15, -0.1) is 0 Å². The Labute approximate surface area is 96.2 Å². The van der Waals surface area contributed by atoms with Crippen molar-refractivity contribution in [2.24, 2.45) is 0 Å². The lowest BCUT2D eigenvalue weighted by Gasteiger charge is -1.89. The fraction of sp³-hybridized carbons (Fsp3) is 0.700. The van der Waals surface area contributed by atoms with E-state index in [-0.39, 0.29) is 18.2 Å². The highest BCUT2D eigenvalue weighted by Gasteiger charge is 1.81. The second-order valence-corrected chi connectivity index (χ2v) is 2.09. The highest BCUT2D eigenvalue weighted by atomic mass is 16.5. The molecule has 0 heterocycles. The van der Waals surface area contributed by atoms with Crippen LogP contribution in [0.15, 0.2) is 0 Å². The number of ether oxygens (including phenoxy) is 1. The summed E-state index contributed by atoms with van der Waals surface area (Å²) in [6.07, 6.45) is 0.667. The molecule has 6 nitrogen and oxygen atoms in total. The molecule has 0 saturated heterocycles. The molecule has 0 fully saturated rings. The minimum absolute atomic E-state index is 0.211. The van der Waals surface area contributed by atoms with Gasteiger partial charge in [-0.2, -0.15) is 0 Å². The van der Waals surface area contributed by atoms with Crippen LogP contribution in [0.5, 0.6) is 0 Å². The van der Waals surface area contributed by atoms with Crippen molar-refractivity contribution in [3.63, 3.8) is 0 Å². The number of rotatable bonds is 2. The van der Waals surface area contributed by atoms with Crippen LogP contribution < -0.4 is 0 Å². The number of ketones is 1. The van der Waals surface area contributed by atoms with E-state index >= 15 is 0 Å². The minimum Gasteiger partial charge on any atom is -0.483 e. The van der Waals surface area contributed by atoms with Crippen molar-refractivity contribution in [1.82, 2.24) is 0 Å². The number of carboxylic acid groups (broad SMARTS) is 1. The van der Waals surface area contributed by atoms with E-state index in [9.17, 15) is 9.59 Å². The quantitative estimate of drug-likeness (QED) is 0.546. The second-order valence-electron chi connectivity index (χ2n) is 2.09. The van der Waals surface area contributed by atoms with Gasteiger partial charge in [0.2, 0.25) is 0 Å². The van der Waals surface area contributed by atoms with E-state index in [4.69, 9.17) is 15.0 Å². The first-order chi connectivity index (χ1) is 7.45. The largest absolute Gasteiger partial charge is 0.483 e. The number of carbonyl (C=O) groups is 3. The zero-order valence-electron chi connectivity index (χ0n) is 10.5. The molecular weight excluding hydrogens is 216 g/mol. The van der Waals surface area contributed by atoms with Crippen LogP contribution in [0.3, 0.4) is 0 Å².